The molecule has 9 heteroatoms. The standard InChI is InChI=1S/C22H26FN3O4S/c1-20(2,3)22(30-19(25)29,12-16-15(23)9-10-31-16)18(28)26-21(17(24)27)11-14(21)13-7-5-4-6-8-13/h4-10,14H,11-12H2,1-3H3,(H2,24,27)(H2,25,29)(H,26,28)/t14-,21-,22?/m1/s1. The number of thiophene rings is 1. The van der Waals surface area contributed by atoms with Gasteiger partial charge in [-0.25, -0.2) is 9.18 Å². The maximum atomic E-state index is 14.3. The van der Waals surface area contributed by atoms with Crippen LogP contribution >= 0.6 is 11.3 Å². The SMILES string of the molecule is CC(C)(C)C(Cc1sccc1F)(OC(N)=O)C(=O)N[C@]1(C(N)=O)C[C@@H]1c1ccccc1. The van der Waals surface area contributed by atoms with Gasteiger partial charge in [0.05, 0.1) is 0 Å². The van der Waals surface area contributed by atoms with Gasteiger partial charge in [0.15, 0.2) is 0 Å². The third kappa shape index (κ3) is 4.14. The zero-order chi connectivity index (χ0) is 23.0. The molecule has 166 valence electrons. The van der Waals surface area contributed by atoms with Crippen molar-refractivity contribution in [1.29, 1.82) is 0 Å². The van der Waals surface area contributed by atoms with E-state index in [1.165, 1.54) is 11.4 Å². The molecule has 1 heterocycles. The first-order valence-corrected chi connectivity index (χ1v) is 10.7. The lowest BCUT2D eigenvalue weighted by Gasteiger charge is -2.42. The maximum absolute atomic E-state index is 14.3. The summed E-state index contributed by atoms with van der Waals surface area (Å²) in [7, 11) is 0. The first-order chi connectivity index (χ1) is 14.4. The molecule has 31 heavy (non-hydrogen) atoms. The Morgan fingerprint density at radius 3 is 2.32 bits per heavy atom. The lowest BCUT2D eigenvalue weighted by molar-refractivity contribution is -0.154. The van der Waals surface area contributed by atoms with Crippen molar-refractivity contribution in [2.24, 2.45) is 16.9 Å². The van der Waals surface area contributed by atoms with E-state index in [4.69, 9.17) is 16.2 Å². The summed E-state index contributed by atoms with van der Waals surface area (Å²) < 4.78 is 19.7. The third-order valence-electron chi connectivity index (χ3n) is 5.89. The molecule has 0 spiro atoms. The second kappa shape index (κ2) is 7.96. The van der Waals surface area contributed by atoms with E-state index in [1.54, 1.807) is 20.8 Å². The van der Waals surface area contributed by atoms with Gasteiger partial charge < -0.3 is 21.5 Å². The van der Waals surface area contributed by atoms with E-state index < -0.39 is 40.3 Å². The fourth-order valence-corrected chi connectivity index (χ4v) is 4.72. The average molecular weight is 448 g/mol. The van der Waals surface area contributed by atoms with Crippen molar-refractivity contribution < 1.29 is 23.5 Å². The molecule has 0 bridgehead atoms. The molecule has 0 saturated heterocycles. The van der Waals surface area contributed by atoms with Crippen molar-refractivity contribution in [1.82, 2.24) is 5.32 Å². The van der Waals surface area contributed by atoms with Crippen molar-refractivity contribution in [2.45, 2.75) is 50.7 Å². The Kier molecular flexibility index (Phi) is 5.84. The molecule has 1 unspecified atom stereocenters. The van der Waals surface area contributed by atoms with Gasteiger partial charge in [0.1, 0.15) is 11.4 Å². The van der Waals surface area contributed by atoms with E-state index in [9.17, 15) is 18.8 Å². The minimum absolute atomic E-state index is 0.231. The van der Waals surface area contributed by atoms with Crippen molar-refractivity contribution in [2.75, 3.05) is 0 Å². The molecule has 5 N–H and O–H groups in total. The van der Waals surface area contributed by atoms with Crippen LogP contribution in [0.2, 0.25) is 0 Å². The Balaban J connectivity index is 2.00. The Morgan fingerprint density at radius 1 is 1.19 bits per heavy atom. The summed E-state index contributed by atoms with van der Waals surface area (Å²) in [6.07, 6.45) is -1.10. The van der Waals surface area contributed by atoms with Crippen LogP contribution in [-0.4, -0.2) is 29.0 Å². The molecule has 1 aromatic heterocycles. The predicted molar refractivity (Wildman–Crippen MR) is 115 cm³/mol. The van der Waals surface area contributed by atoms with Crippen LogP contribution in [0.1, 0.15) is 43.6 Å². The third-order valence-corrected chi connectivity index (χ3v) is 6.79. The molecule has 1 aliphatic rings. The van der Waals surface area contributed by atoms with Gasteiger partial charge in [0.25, 0.3) is 5.91 Å². The van der Waals surface area contributed by atoms with Crippen LogP contribution in [0, 0.1) is 11.2 Å². The second-order valence-electron chi connectivity index (χ2n) is 8.82. The van der Waals surface area contributed by atoms with E-state index >= 15 is 0 Å². The van der Waals surface area contributed by atoms with Crippen molar-refractivity contribution in [3.8, 4) is 0 Å². The van der Waals surface area contributed by atoms with Gasteiger partial charge in [-0.1, -0.05) is 51.1 Å². The van der Waals surface area contributed by atoms with Gasteiger partial charge in [-0.05, 0) is 23.4 Å². The lowest BCUT2D eigenvalue weighted by Crippen LogP contribution is -2.63. The number of ether oxygens (including phenoxy) is 1. The summed E-state index contributed by atoms with van der Waals surface area (Å²) in [6.45, 7) is 5.04. The largest absolute Gasteiger partial charge is 0.432 e. The van der Waals surface area contributed by atoms with Crippen LogP contribution < -0.4 is 16.8 Å². The number of hydrogen-bond acceptors (Lipinski definition) is 5. The van der Waals surface area contributed by atoms with Crippen molar-refractivity contribution >= 4 is 29.2 Å². The van der Waals surface area contributed by atoms with Crippen molar-refractivity contribution in [3.63, 3.8) is 0 Å². The van der Waals surface area contributed by atoms with E-state index in [-0.39, 0.29) is 17.2 Å². The highest BCUT2D eigenvalue weighted by atomic mass is 32.1. The topological polar surface area (TPSA) is 125 Å². The molecule has 0 radical (unpaired) electrons. The summed E-state index contributed by atoms with van der Waals surface area (Å²) in [5.74, 6) is -2.28. The molecule has 0 aliphatic heterocycles. The number of primary amides is 2. The van der Waals surface area contributed by atoms with Gasteiger partial charge in [-0.15, -0.1) is 11.3 Å². The van der Waals surface area contributed by atoms with Gasteiger partial charge in [-0.2, -0.15) is 0 Å². The molecular weight excluding hydrogens is 421 g/mol. The average Bonchev–Trinajstić information content (AvgIpc) is 3.28. The van der Waals surface area contributed by atoms with Gasteiger partial charge in [0, 0.05) is 22.6 Å². The molecule has 2 aromatic rings. The quantitative estimate of drug-likeness (QED) is 0.603. The van der Waals surface area contributed by atoms with Crippen LogP contribution in [0.15, 0.2) is 41.8 Å². The monoisotopic (exact) mass is 447 g/mol. The zero-order valence-corrected chi connectivity index (χ0v) is 18.4. The Morgan fingerprint density at radius 2 is 1.84 bits per heavy atom. The molecule has 7 nitrogen and oxygen atoms in total. The molecule has 3 rings (SSSR count). The van der Waals surface area contributed by atoms with Crippen LogP contribution in [-0.2, 0) is 20.7 Å². The van der Waals surface area contributed by atoms with Crippen LogP contribution in [0.5, 0.6) is 0 Å². The van der Waals surface area contributed by atoms with Gasteiger partial charge in [0.2, 0.25) is 11.5 Å². The summed E-state index contributed by atoms with van der Waals surface area (Å²) in [5.41, 5.74) is 7.66. The number of carbonyl (C=O) groups excluding carboxylic acids is 3. The molecule has 3 amide bonds. The first-order valence-electron chi connectivity index (χ1n) is 9.81. The van der Waals surface area contributed by atoms with E-state index in [0.717, 1.165) is 16.9 Å². The van der Waals surface area contributed by atoms with E-state index in [0.29, 0.717) is 6.42 Å². The number of amides is 3. The highest BCUT2D eigenvalue weighted by molar-refractivity contribution is 7.10. The Labute approximate surface area is 183 Å². The minimum atomic E-state index is -1.86. The maximum Gasteiger partial charge on any atom is 0.405 e. The summed E-state index contributed by atoms with van der Waals surface area (Å²) >= 11 is 1.10. The van der Waals surface area contributed by atoms with Gasteiger partial charge in [-0.3, -0.25) is 9.59 Å². The Hall–Kier alpha value is -2.94. The summed E-state index contributed by atoms with van der Waals surface area (Å²) in [5, 5.41) is 4.28. The highest BCUT2D eigenvalue weighted by Crippen LogP contribution is 2.52. The van der Waals surface area contributed by atoms with E-state index in [1.807, 2.05) is 30.3 Å². The molecular formula is C22H26FN3O4S. The molecule has 1 fully saturated rings. The lowest BCUT2D eigenvalue weighted by atomic mass is 9.72. The fourth-order valence-electron chi connectivity index (χ4n) is 3.90. The molecule has 1 saturated carbocycles. The fraction of sp³-hybridized carbons (Fsp3) is 0.409. The predicted octanol–water partition coefficient (Wildman–Crippen LogP) is 2.84. The number of halogens is 1. The van der Waals surface area contributed by atoms with E-state index in [2.05, 4.69) is 5.32 Å². The molecule has 1 aliphatic carbocycles. The van der Waals surface area contributed by atoms with Crippen LogP contribution in [0.3, 0.4) is 0 Å². The van der Waals surface area contributed by atoms with Crippen LogP contribution in [0.25, 0.3) is 0 Å². The molecule has 1 aromatic carbocycles. The summed E-state index contributed by atoms with van der Waals surface area (Å²) in [6, 6.07) is 10.5. The number of hydrogen-bond donors (Lipinski definition) is 3. The van der Waals surface area contributed by atoms with Crippen molar-refractivity contribution in [3.05, 3.63) is 58.0 Å². The highest BCUT2D eigenvalue weighted by Gasteiger charge is 2.64. The number of rotatable bonds is 7. The number of carbonyl (C=O) groups is 3. The number of nitrogens with one attached hydrogen (secondary N) is 1. The minimum Gasteiger partial charge on any atom is -0.432 e. The number of nitrogens with two attached hydrogens (primary N) is 2. The van der Waals surface area contributed by atoms with Gasteiger partial charge >= 0.3 is 6.09 Å². The number of benzene rings is 1. The van der Waals surface area contributed by atoms with Crippen LogP contribution in [0.4, 0.5) is 9.18 Å². The first kappa shape index (κ1) is 22.7. The second-order valence-corrected chi connectivity index (χ2v) is 9.82. The molecule has 3 atom stereocenters. The summed E-state index contributed by atoms with van der Waals surface area (Å²) in [4.78, 5) is 38.1. The Bertz CT molecular complexity index is 1000. The zero-order valence-electron chi connectivity index (χ0n) is 17.6. The smallest absolute Gasteiger partial charge is 0.405 e. The normalized spacial score (nSPS) is 22.3.